The highest BCUT2D eigenvalue weighted by Crippen LogP contribution is 2.31. The smallest absolute Gasteiger partial charge is 0.273 e. The minimum atomic E-state index is -0.833. The number of hydrogen-bond donors (Lipinski definition) is 3. The summed E-state index contributed by atoms with van der Waals surface area (Å²) in [5.74, 6) is -2.98. The number of halogens is 2. The molecule has 3 N–H and O–H groups in total. The molecule has 4 rings (SSSR count). The van der Waals surface area contributed by atoms with E-state index in [2.05, 4.69) is 27.2 Å². The average Bonchev–Trinajstić information content (AvgIpc) is 3.21. The minimum Gasteiger partial charge on any atom is -0.355 e. The van der Waals surface area contributed by atoms with Gasteiger partial charge in [0.25, 0.3) is 5.91 Å². The predicted octanol–water partition coefficient (Wildman–Crippen LogP) is 1.89. The first kappa shape index (κ1) is 20.9. The molecule has 10 heteroatoms. The van der Waals surface area contributed by atoms with E-state index < -0.39 is 35.0 Å². The van der Waals surface area contributed by atoms with Crippen LogP contribution < -0.4 is 16.0 Å². The summed E-state index contributed by atoms with van der Waals surface area (Å²) >= 11 is 0. The lowest BCUT2D eigenvalue weighted by atomic mass is 9.77. The number of benzene rings is 1. The quantitative estimate of drug-likeness (QED) is 0.668. The third-order valence-electron chi connectivity index (χ3n) is 5.86. The van der Waals surface area contributed by atoms with Crippen molar-refractivity contribution in [1.82, 2.24) is 21.1 Å². The highest BCUT2D eigenvalue weighted by molar-refractivity contribution is 5.94. The number of rotatable bonds is 5. The number of nitrogens with zero attached hydrogens (tertiary/aromatic N) is 2. The summed E-state index contributed by atoms with van der Waals surface area (Å²) in [5, 5.41) is 21.8. The number of carbonyl (C=O) groups is 2. The molecule has 1 aliphatic carbocycles. The van der Waals surface area contributed by atoms with Gasteiger partial charge in [-0.15, -0.1) is 0 Å². The third-order valence-corrected chi connectivity index (χ3v) is 5.86. The summed E-state index contributed by atoms with van der Waals surface area (Å²) in [7, 11) is 0. The summed E-state index contributed by atoms with van der Waals surface area (Å²) in [5.41, 5.74) is -0.915. The van der Waals surface area contributed by atoms with Crippen molar-refractivity contribution in [3.63, 3.8) is 0 Å². The Hall–Kier alpha value is -3.32. The van der Waals surface area contributed by atoms with E-state index in [4.69, 9.17) is 4.52 Å². The van der Waals surface area contributed by atoms with Crippen molar-refractivity contribution in [1.29, 1.82) is 5.26 Å². The predicted molar refractivity (Wildman–Crippen MR) is 104 cm³/mol. The van der Waals surface area contributed by atoms with Gasteiger partial charge >= 0.3 is 0 Å². The molecule has 1 aromatic carbocycles. The Labute approximate surface area is 177 Å². The van der Waals surface area contributed by atoms with E-state index in [1.54, 1.807) is 0 Å². The molecule has 0 radical (unpaired) electrons. The monoisotopic (exact) mass is 429 g/mol. The van der Waals surface area contributed by atoms with Crippen LogP contribution in [0.1, 0.15) is 36.2 Å². The molecular formula is C21H21F2N5O3. The van der Waals surface area contributed by atoms with Crippen LogP contribution >= 0.6 is 0 Å². The molecule has 0 unspecified atom stereocenters. The maximum atomic E-state index is 14.0. The number of carbonyl (C=O) groups excluding carboxylic acids is 2. The van der Waals surface area contributed by atoms with Crippen LogP contribution in [0.15, 0.2) is 28.8 Å². The minimum absolute atomic E-state index is 0.0109. The van der Waals surface area contributed by atoms with Gasteiger partial charge in [-0.2, -0.15) is 5.26 Å². The van der Waals surface area contributed by atoms with Gasteiger partial charge < -0.3 is 20.5 Å². The lowest BCUT2D eigenvalue weighted by Gasteiger charge is -2.39. The molecule has 2 amide bonds. The summed E-state index contributed by atoms with van der Waals surface area (Å²) in [6.45, 7) is 0.978. The normalized spacial score (nSPS) is 22.1. The number of nitrogens with one attached hydrogen (secondary N) is 3. The Kier molecular flexibility index (Phi) is 5.69. The Balaban J connectivity index is 1.45. The molecule has 2 fully saturated rings. The van der Waals surface area contributed by atoms with Crippen molar-refractivity contribution in [3.8, 4) is 17.4 Å². The second-order valence-corrected chi connectivity index (χ2v) is 7.92. The molecule has 1 saturated carbocycles. The number of hydrogen-bond acceptors (Lipinski definition) is 6. The standard InChI is InChI=1S/C21H21F2N5O3/c22-12-2-3-13(15(23)8-12)18-9-17(28-31-18)20(30)26-16-4-7-25-10-14(16)19(29)27-21(11-24)5-1-6-21/h2-3,8-9,14,16,25H,1,4-7,10H2,(H,26,30)(H,27,29)/t14-,16-/m1/s1. The van der Waals surface area contributed by atoms with E-state index in [0.717, 1.165) is 12.5 Å². The maximum Gasteiger partial charge on any atom is 0.273 e. The van der Waals surface area contributed by atoms with Gasteiger partial charge in [-0.05, 0) is 44.4 Å². The lowest BCUT2D eigenvalue weighted by molar-refractivity contribution is -0.128. The summed E-state index contributed by atoms with van der Waals surface area (Å²) in [6.07, 6.45) is 2.64. The Morgan fingerprint density at radius 2 is 2.10 bits per heavy atom. The van der Waals surface area contributed by atoms with Crippen LogP contribution in [0, 0.1) is 28.9 Å². The van der Waals surface area contributed by atoms with Gasteiger partial charge in [-0.3, -0.25) is 9.59 Å². The van der Waals surface area contributed by atoms with Crippen LogP contribution in [0.5, 0.6) is 0 Å². The van der Waals surface area contributed by atoms with E-state index in [-0.39, 0.29) is 22.9 Å². The zero-order chi connectivity index (χ0) is 22.0. The van der Waals surface area contributed by atoms with E-state index in [0.29, 0.717) is 38.4 Å². The van der Waals surface area contributed by atoms with Crippen molar-refractivity contribution in [2.24, 2.45) is 5.92 Å². The van der Waals surface area contributed by atoms with Crippen LogP contribution in [-0.2, 0) is 4.79 Å². The van der Waals surface area contributed by atoms with E-state index in [9.17, 15) is 23.6 Å². The van der Waals surface area contributed by atoms with Crippen molar-refractivity contribution in [2.45, 2.75) is 37.3 Å². The molecule has 2 aliphatic rings. The number of piperidine rings is 1. The highest BCUT2D eigenvalue weighted by atomic mass is 19.1. The molecule has 2 aromatic rings. The molecular weight excluding hydrogens is 408 g/mol. The van der Waals surface area contributed by atoms with Crippen molar-refractivity contribution < 1.29 is 22.9 Å². The van der Waals surface area contributed by atoms with E-state index >= 15 is 0 Å². The molecule has 1 aliphatic heterocycles. The largest absolute Gasteiger partial charge is 0.355 e. The molecule has 1 saturated heterocycles. The van der Waals surface area contributed by atoms with E-state index in [1.165, 1.54) is 12.1 Å². The maximum absolute atomic E-state index is 14.0. The van der Waals surface area contributed by atoms with Gasteiger partial charge in [0.1, 0.15) is 17.2 Å². The fourth-order valence-electron chi connectivity index (χ4n) is 3.87. The van der Waals surface area contributed by atoms with Gasteiger partial charge in [-0.1, -0.05) is 5.16 Å². The van der Waals surface area contributed by atoms with Crippen LogP contribution in [0.25, 0.3) is 11.3 Å². The van der Waals surface area contributed by atoms with Crippen molar-refractivity contribution in [2.75, 3.05) is 13.1 Å². The fourth-order valence-corrected chi connectivity index (χ4v) is 3.87. The lowest BCUT2D eigenvalue weighted by Crippen LogP contribution is -2.60. The average molecular weight is 429 g/mol. The van der Waals surface area contributed by atoms with E-state index in [1.807, 2.05) is 0 Å². The second-order valence-electron chi connectivity index (χ2n) is 7.92. The molecule has 2 heterocycles. The molecule has 2 atom stereocenters. The molecule has 31 heavy (non-hydrogen) atoms. The van der Waals surface area contributed by atoms with Crippen LogP contribution in [0.3, 0.4) is 0 Å². The third kappa shape index (κ3) is 4.27. The zero-order valence-electron chi connectivity index (χ0n) is 16.6. The summed E-state index contributed by atoms with van der Waals surface area (Å²) in [6, 6.07) is 5.97. The van der Waals surface area contributed by atoms with Gasteiger partial charge in [-0.25, -0.2) is 8.78 Å². The highest BCUT2D eigenvalue weighted by Gasteiger charge is 2.42. The molecule has 162 valence electrons. The Morgan fingerprint density at radius 1 is 1.29 bits per heavy atom. The van der Waals surface area contributed by atoms with Crippen LogP contribution in [-0.4, -0.2) is 41.6 Å². The van der Waals surface area contributed by atoms with Gasteiger partial charge in [0.15, 0.2) is 11.5 Å². The number of aromatic nitrogens is 1. The molecule has 8 nitrogen and oxygen atoms in total. The van der Waals surface area contributed by atoms with Crippen LogP contribution in [0.4, 0.5) is 8.78 Å². The van der Waals surface area contributed by atoms with Crippen molar-refractivity contribution in [3.05, 3.63) is 41.6 Å². The van der Waals surface area contributed by atoms with Gasteiger partial charge in [0, 0.05) is 24.7 Å². The first-order valence-corrected chi connectivity index (χ1v) is 10.1. The first-order chi connectivity index (χ1) is 14.9. The molecule has 0 spiro atoms. The first-order valence-electron chi connectivity index (χ1n) is 10.1. The van der Waals surface area contributed by atoms with Crippen LogP contribution in [0.2, 0.25) is 0 Å². The zero-order valence-corrected chi connectivity index (χ0v) is 16.6. The van der Waals surface area contributed by atoms with Gasteiger partial charge in [0.05, 0.1) is 17.6 Å². The summed E-state index contributed by atoms with van der Waals surface area (Å²) in [4.78, 5) is 25.5. The second kappa shape index (κ2) is 8.43. The number of amides is 2. The molecule has 0 bridgehead atoms. The fraction of sp³-hybridized carbons (Fsp3) is 0.429. The molecule has 1 aromatic heterocycles. The van der Waals surface area contributed by atoms with Crippen molar-refractivity contribution >= 4 is 11.8 Å². The van der Waals surface area contributed by atoms with Gasteiger partial charge in [0.2, 0.25) is 5.91 Å². The Morgan fingerprint density at radius 3 is 2.77 bits per heavy atom. The summed E-state index contributed by atoms with van der Waals surface area (Å²) < 4.78 is 32.1. The topological polar surface area (TPSA) is 120 Å². The SMILES string of the molecule is N#CC1(NC(=O)[C@@H]2CNCC[C@H]2NC(=O)c2cc(-c3ccc(F)cc3F)on2)CCC1. The number of nitriles is 1. The Bertz CT molecular complexity index is 1040.